The van der Waals surface area contributed by atoms with Gasteiger partial charge in [0, 0.05) is 67.9 Å². The molecule has 2 aromatic rings. The summed E-state index contributed by atoms with van der Waals surface area (Å²) in [6, 6.07) is 7.03. The molecule has 1 aliphatic rings. The van der Waals surface area contributed by atoms with E-state index in [-0.39, 0.29) is 39.9 Å². The van der Waals surface area contributed by atoms with E-state index >= 15 is 0 Å². The van der Waals surface area contributed by atoms with Crippen LogP contribution in [0.1, 0.15) is 28.6 Å². The van der Waals surface area contributed by atoms with Crippen LogP contribution in [0, 0.1) is 0 Å². The number of hydrogen-bond acceptors (Lipinski definition) is 5. The lowest BCUT2D eigenvalue weighted by Gasteiger charge is -2.34. The molecule has 0 N–H and O–H groups in total. The van der Waals surface area contributed by atoms with Gasteiger partial charge in [0.15, 0.2) is 5.13 Å². The van der Waals surface area contributed by atoms with E-state index in [0.29, 0.717) is 17.1 Å². The summed E-state index contributed by atoms with van der Waals surface area (Å²) in [6.07, 6.45) is 3.99. The summed E-state index contributed by atoms with van der Waals surface area (Å²) in [4.78, 5) is 25.0. The van der Waals surface area contributed by atoms with E-state index in [1.807, 2.05) is 13.2 Å². The molecule has 5 nitrogen and oxygen atoms in total. The first-order chi connectivity index (χ1) is 13.1. The Bertz CT molecular complexity index is 751. The van der Waals surface area contributed by atoms with Gasteiger partial charge in [-0.15, -0.1) is 45.3 Å². The summed E-state index contributed by atoms with van der Waals surface area (Å²) in [5, 5.41) is 1.75. The highest BCUT2D eigenvalue weighted by atomic mass is 79.9. The number of rotatable bonds is 7. The third kappa shape index (κ3) is 7.51. The molecule has 9 heteroatoms. The number of aromatic nitrogens is 1. The maximum absolute atomic E-state index is 12.5. The Morgan fingerprint density at radius 2 is 1.83 bits per heavy atom. The van der Waals surface area contributed by atoms with Gasteiger partial charge < -0.3 is 9.80 Å². The van der Waals surface area contributed by atoms with E-state index in [0.717, 1.165) is 37.7 Å². The number of benzene rings is 1. The van der Waals surface area contributed by atoms with Gasteiger partial charge in [-0.1, -0.05) is 18.5 Å². The van der Waals surface area contributed by atoms with Crippen LogP contribution in [0.4, 0.5) is 5.13 Å². The van der Waals surface area contributed by atoms with Gasteiger partial charge in [-0.25, -0.2) is 4.98 Å². The number of halogens is 3. The van der Waals surface area contributed by atoms with Crippen LogP contribution < -0.4 is 4.90 Å². The zero-order chi connectivity index (χ0) is 19.2. The molecule has 0 radical (unpaired) electrons. The quantitative estimate of drug-likeness (QED) is 0.481. The van der Waals surface area contributed by atoms with Crippen LogP contribution >= 0.6 is 56.9 Å². The molecule has 2 heterocycles. The summed E-state index contributed by atoms with van der Waals surface area (Å²) in [5.74, 6) is 0.0171. The molecule has 1 aromatic carbocycles. The van der Waals surface area contributed by atoms with E-state index < -0.39 is 0 Å². The lowest BCUT2D eigenvalue weighted by atomic mass is 10.2. The minimum Gasteiger partial charge on any atom is -0.346 e. The van der Waals surface area contributed by atoms with Crippen LogP contribution in [-0.4, -0.2) is 67.0 Å². The Morgan fingerprint density at radius 3 is 2.45 bits per heavy atom. The van der Waals surface area contributed by atoms with Gasteiger partial charge in [0.05, 0.1) is 0 Å². The fourth-order valence-corrected chi connectivity index (χ4v) is 4.31. The first-order valence-corrected chi connectivity index (χ1v) is 10.7. The molecule has 0 spiro atoms. The molecule has 1 aromatic heterocycles. The molecule has 0 bridgehead atoms. The van der Waals surface area contributed by atoms with Gasteiger partial charge in [0.25, 0.3) is 5.91 Å². The third-order valence-electron chi connectivity index (χ3n) is 4.86. The van der Waals surface area contributed by atoms with E-state index in [9.17, 15) is 4.79 Å². The Hall–Kier alpha value is -0.670. The van der Waals surface area contributed by atoms with Crippen LogP contribution in [0.25, 0.3) is 0 Å². The maximum atomic E-state index is 12.5. The zero-order valence-electron chi connectivity index (χ0n) is 16.8. The lowest BCUT2D eigenvalue weighted by molar-refractivity contribution is 0.0797. The Balaban J connectivity index is 0.00000210. The topological polar surface area (TPSA) is 39.7 Å². The summed E-state index contributed by atoms with van der Waals surface area (Å²) in [6.45, 7) is 8.40. The van der Waals surface area contributed by atoms with Crippen molar-refractivity contribution in [2.75, 3.05) is 51.2 Å². The molecule has 0 saturated carbocycles. The molecule has 29 heavy (non-hydrogen) atoms. The molecule has 0 aliphatic carbocycles. The van der Waals surface area contributed by atoms with Crippen molar-refractivity contribution in [3.63, 3.8) is 0 Å². The van der Waals surface area contributed by atoms with E-state index in [1.165, 1.54) is 17.8 Å². The fourth-order valence-electron chi connectivity index (χ4n) is 3.23. The maximum Gasteiger partial charge on any atom is 0.253 e. The highest BCUT2D eigenvalue weighted by Crippen LogP contribution is 2.24. The van der Waals surface area contributed by atoms with Crippen molar-refractivity contribution in [1.82, 2.24) is 14.8 Å². The van der Waals surface area contributed by atoms with Gasteiger partial charge in [-0.2, -0.15) is 0 Å². The van der Waals surface area contributed by atoms with Crippen LogP contribution in [0.2, 0.25) is 5.02 Å². The number of thiazole rings is 1. The molecule has 1 saturated heterocycles. The molecule has 0 atom stereocenters. The van der Waals surface area contributed by atoms with Gasteiger partial charge in [0.2, 0.25) is 0 Å². The minimum absolute atomic E-state index is 0. The summed E-state index contributed by atoms with van der Waals surface area (Å²) >= 11 is 7.64. The summed E-state index contributed by atoms with van der Waals surface area (Å²) in [7, 11) is 1.84. The van der Waals surface area contributed by atoms with E-state index in [4.69, 9.17) is 11.6 Å². The van der Waals surface area contributed by atoms with Gasteiger partial charge >= 0.3 is 0 Å². The van der Waals surface area contributed by atoms with Crippen molar-refractivity contribution in [2.24, 2.45) is 0 Å². The minimum atomic E-state index is 0. The molecular formula is C20H29Br2ClN4OS. The van der Waals surface area contributed by atoms with Crippen molar-refractivity contribution in [2.45, 2.75) is 19.8 Å². The van der Waals surface area contributed by atoms with Crippen molar-refractivity contribution in [3.05, 3.63) is 45.9 Å². The van der Waals surface area contributed by atoms with Crippen LogP contribution in [0.15, 0.2) is 30.5 Å². The van der Waals surface area contributed by atoms with Crippen LogP contribution in [0.3, 0.4) is 0 Å². The molecular weight excluding hydrogens is 540 g/mol. The first-order valence-electron chi connectivity index (χ1n) is 9.50. The monoisotopic (exact) mass is 566 g/mol. The number of amides is 1. The Morgan fingerprint density at radius 1 is 1.17 bits per heavy atom. The van der Waals surface area contributed by atoms with Gasteiger partial charge in [-0.05, 0) is 37.2 Å². The normalized spacial score (nSPS) is 14.1. The Labute approximate surface area is 203 Å². The smallest absolute Gasteiger partial charge is 0.253 e. The molecule has 1 fully saturated rings. The van der Waals surface area contributed by atoms with Crippen LogP contribution in [-0.2, 0) is 6.42 Å². The van der Waals surface area contributed by atoms with Gasteiger partial charge in [-0.3, -0.25) is 9.69 Å². The second-order valence-electron chi connectivity index (χ2n) is 6.92. The van der Waals surface area contributed by atoms with E-state index in [1.54, 1.807) is 40.5 Å². The van der Waals surface area contributed by atoms with E-state index in [2.05, 4.69) is 21.7 Å². The number of carbonyl (C=O) groups is 1. The largest absolute Gasteiger partial charge is 0.346 e. The predicted molar refractivity (Wildman–Crippen MR) is 134 cm³/mol. The van der Waals surface area contributed by atoms with Crippen LogP contribution in [0.5, 0.6) is 0 Å². The summed E-state index contributed by atoms with van der Waals surface area (Å²) in [5.41, 5.74) is 0.664. The average molecular weight is 569 g/mol. The average Bonchev–Trinajstić information content (AvgIpc) is 3.16. The van der Waals surface area contributed by atoms with Crippen molar-refractivity contribution in [1.29, 1.82) is 0 Å². The standard InChI is InChI=1S/C20H27ClN4OS.2BrH/c1-3-9-24-11-13-25(14-12-24)20-22-15-18(27-20)8-10-23(2)19(26)16-4-6-17(21)7-5-16;;/h4-7,15H,3,8-14H2,1-2H3;2*1H. The highest BCUT2D eigenvalue weighted by molar-refractivity contribution is 8.93. The van der Waals surface area contributed by atoms with Crippen molar-refractivity contribution < 1.29 is 4.79 Å². The number of carbonyl (C=O) groups excluding carboxylic acids is 1. The molecule has 3 rings (SSSR count). The SMILES string of the molecule is Br.Br.CCCN1CCN(c2ncc(CCN(C)C(=O)c3ccc(Cl)cc3)s2)CC1. The van der Waals surface area contributed by atoms with Crippen molar-refractivity contribution >= 4 is 67.9 Å². The molecule has 1 amide bonds. The third-order valence-corrected chi connectivity index (χ3v) is 6.23. The molecule has 1 aliphatic heterocycles. The number of hydrogen-bond donors (Lipinski definition) is 0. The van der Waals surface area contributed by atoms with Crippen molar-refractivity contribution in [3.8, 4) is 0 Å². The Kier molecular flexibility index (Phi) is 11.7. The number of likely N-dealkylation sites (N-methyl/N-ethyl adjacent to an activating group) is 1. The predicted octanol–water partition coefficient (Wildman–Crippen LogP) is 4.80. The first kappa shape index (κ1) is 26.4. The number of piperazine rings is 1. The second kappa shape index (κ2) is 12.9. The number of nitrogens with zero attached hydrogens (tertiary/aromatic N) is 4. The van der Waals surface area contributed by atoms with Gasteiger partial charge in [0.1, 0.15) is 0 Å². The fraction of sp³-hybridized carbons (Fsp3) is 0.500. The number of anilines is 1. The zero-order valence-corrected chi connectivity index (χ0v) is 21.8. The molecule has 0 unspecified atom stereocenters. The molecule has 162 valence electrons. The summed E-state index contributed by atoms with van der Waals surface area (Å²) < 4.78 is 0. The highest BCUT2D eigenvalue weighted by Gasteiger charge is 2.19. The second-order valence-corrected chi connectivity index (χ2v) is 8.45. The lowest BCUT2D eigenvalue weighted by Crippen LogP contribution is -2.46.